The second kappa shape index (κ2) is 4.43. The van der Waals surface area contributed by atoms with E-state index in [1.54, 1.807) is 6.20 Å². The molecule has 0 aliphatic carbocycles. The van der Waals surface area contributed by atoms with Crippen LogP contribution in [0.15, 0.2) is 54.7 Å². The molecule has 0 saturated heterocycles. The molecular weight excluding hydrogens is 224 g/mol. The van der Waals surface area contributed by atoms with Crippen molar-refractivity contribution in [3.05, 3.63) is 54.7 Å². The lowest BCUT2D eigenvalue weighted by Gasteiger charge is -2.09. The van der Waals surface area contributed by atoms with Crippen LogP contribution in [0.25, 0.3) is 22.2 Å². The third kappa shape index (κ3) is 1.78. The van der Waals surface area contributed by atoms with Gasteiger partial charge in [-0.25, -0.2) is 15.8 Å². The van der Waals surface area contributed by atoms with E-state index >= 15 is 0 Å². The molecule has 0 aliphatic rings. The van der Waals surface area contributed by atoms with Gasteiger partial charge in [0.15, 0.2) is 5.65 Å². The first kappa shape index (κ1) is 10.7. The van der Waals surface area contributed by atoms with Crippen molar-refractivity contribution in [2.75, 3.05) is 5.43 Å². The van der Waals surface area contributed by atoms with Gasteiger partial charge in [0.1, 0.15) is 5.82 Å². The van der Waals surface area contributed by atoms with Crippen molar-refractivity contribution >= 4 is 16.9 Å². The molecule has 18 heavy (non-hydrogen) atoms. The topological polar surface area (TPSA) is 63.8 Å². The van der Waals surface area contributed by atoms with E-state index < -0.39 is 0 Å². The number of benzene rings is 1. The van der Waals surface area contributed by atoms with Crippen molar-refractivity contribution in [1.82, 2.24) is 9.97 Å². The van der Waals surface area contributed by atoms with E-state index in [-0.39, 0.29) is 0 Å². The van der Waals surface area contributed by atoms with Gasteiger partial charge in [-0.15, -0.1) is 0 Å². The van der Waals surface area contributed by atoms with Crippen LogP contribution in [0.3, 0.4) is 0 Å². The Hall–Kier alpha value is -2.46. The van der Waals surface area contributed by atoms with Crippen molar-refractivity contribution in [3.8, 4) is 11.1 Å². The first-order valence-corrected chi connectivity index (χ1v) is 5.66. The number of hydrogen-bond acceptors (Lipinski definition) is 4. The number of pyridine rings is 2. The lowest BCUT2D eigenvalue weighted by atomic mass is 10.1. The Labute approximate surface area is 104 Å². The van der Waals surface area contributed by atoms with Crippen molar-refractivity contribution < 1.29 is 0 Å². The lowest BCUT2D eigenvalue weighted by molar-refractivity contribution is 1.23. The van der Waals surface area contributed by atoms with Gasteiger partial charge < -0.3 is 5.43 Å². The molecule has 88 valence electrons. The van der Waals surface area contributed by atoms with Crippen molar-refractivity contribution in [1.29, 1.82) is 0 Å². The maximum atomic E-state index is 5.54. The van der Waals surface area contributed by atoms with Gasteiger partial charge in [-0.2, -0.15) is 0 Å². The molecule has 0 amide bonds. The standard InChI is InChI=1S/C14H12N4/c15-18-14-12(10-5-2-1-3-6-10)9-11-7-4-8-16-13(11)17-14/h1-9H,15H2,(H,16,17,18). The molecule has 0 unspecified atom stereocenters. The van der Waals surface area contributed by atoms with Gasteiger partial charge in [-0.05, 0) is 23.8 Å². The van der Waals surface area contributed by atoms with Crippen LogP contribution in [0.1, 0.15) is 0 Å². The molecule has 0 aliphatic heterocycles. The normalized spacial score (nSPS) is 10.5. The fraction of sp³-hybridized carbons (Fsp3) is 0. The van der Waals surface area contributed by atoms with Crippen LogP contribution < -0.4 is 11.3 Å². The monoisotopic (exact) mass is 236 g/mol. The molecule has 0 atom stereocenters. The Kier molecular flexibility index (Phi) is 2.63. The van der Waals surface area contributed by atoms with Crippen LogP contribution >= 0.6 is 0 Å². The molecule has 3 rings (SSSR count). The molecule has 3 aromatic rings. The summed E-state index contributed by atoms with van der Waals surface area (Å²) < 4.78 is 0. The Morgan fingerprint density at radius 3 is 2.61 bits per heavy atom. The Balaban J connectivity index is 2.27. The predicted octanol–water partition coefficient (Wildman–Crippen LogP) is 2.58. The maximum absolute atomic E-state index is 5.54. The van der Waals surface area contributed by atoms with Gasteiger partial charge in [-0.3, -0.25) is 0 Å². The zero-order valence-electron chi connectivity index (χ0n) is 9.67. The minimum absolute atomic E-state index is 0.632. The van der Waals surface area contributed by atoms with Crippen LogP contribution in [-0.2, 0) is 0 Å². The predicted molar refractivity (Wildman–Crippen MR) is 72.8 cm³/mol. The van der Waals surface area contributed by atoms with E-state index in [0.29, 0.717) is 11.5 Å². The number of hydrogen-bond donors (Lipinski definition) is 2. The number of nitrogens with one attached hydrogen (secondary N) is 1. The summed E-state index contributed by atoms with van der Waals surface area (Å²) in [5.74, 6) is 6.17. The second-order valence-electron chi connectivity index (χ2n) is 3.95. The fourth-order valence-corrected chi connectivity index (χ4v) is 1.95. The van der Waals surface area contributed by atoms with Gasteiger partial charge in [0, 0.05) is 17.1 Å². The zero-order valence-corrected chi connectivity index (χ0v) is 9.67. The summed E-state index contributed by atoms with van der Waals surface area (Å²) in [4.78, 5) is 8.64. The number of aromatic nitrogens is 2. The molecule has 0 spiro atoms. The van der Waals surface area contributed by atoms with Crippen LogP contribution in [0.2, 0.25) is 0 Å². The smallest absolute Gasteiger partial charge is 0.161 e. The average Bonchev–Trinajstić information content (AvgIpc) is 2.46. The van der Waals surface area contributed by atoms with Crippen LogP contribution in [-0.4, -0.2) is 9.97 Å². The summed E-state index contributed by atoms with van der Waals surface area (Å²) in [7, 11) is 0. The number of anilines is 1. The summed E-state index contributed by atoms with van der Waals surface area (Å²) >= 11 is 0. The SMILES string of the molecule is NNc1nc2ncccc2cc1-c1ccccc1. The Bertz CT molecular complexity index is 680. The minimum Gasteiger partial charge on any atom is -0.308 e. The summed E-state index contributed by atoms with van der Waals surface area (Å²) in [6, 6.07) is 15.9. The van der Waals surface area contributed by atoms with Gasteiger partial charge >= 0.3 is 0 Å². The van der Waals surface area contributed by atoms with Crippen molar-refractivity contribution in [3.63, 3.8) is 0 Å². The van der Waals surface area contributed by atoms with Gasteiger partial charge in [0.25, 0.3) is 0 Å². The molecule has 0 saturated carbocycles. The van der Waals surface area contributed by atoms with Crippen LogP contribution in [0.4, 0.5) is 5.82 Å². The third-order valence-electron chi connectivity index (χ3n) is 2.81. The number of nitrogen functional groups attached to an aromatic ring is 1. The second-order valence-corrected chi connectivity index (χ2v) is 3.95. The maximum Gasteiger partial charge on any atom is 0.161 e. The molecule has 0 fully saturated rings. The molecule has 1 aromatic carbocycles. The highest BCUT2D eigenvalue weighted by Crippen LogP contribution is 2.28. The fourth-order valence-electron chi connectivity index (χ4n) is 1.95. The molecule has 4 nitrogen and oxygen atoms in total. The van der Waals surface area contributed by atoms with E-state index in [4.69, 9.17) is 5.84 Å². The third-order valence-corrected chi connectivity index (χ3v) is 2.81. The van der Waals surface area contributed by atoms with Gasteiger partial charge in [-0.1, -0.05) is 30.3 Å². The van der Waals surface area contributed by atoms with E-state index in [0.717, 1.165) is 16.5 Å². The largest absolute Gasteiger partial charge is 0.308 e. The minimum atomic E-state index is 0.632. The summed E-state index contributed by atoms with van der Waals surface area (Å²) in [5.41, 5.74) is 5.36. The average molecular weight is 236 g/mol. The van der Waals surface area contributed by atoms with Crippen molar-refractivity contribution in [2.45, 2.75) is 0 Å². The molecule has 0 bridgehead atoms. The van der Waals surface area contributed by atoms with Gasteiger partial charge in [0.2, 0.25) is 0 Å². The lowest BCUT2D eigenvalue weighted by Crippen LogP contribution is -2.10. The summed E-state index contributed by atoms with van der Waals surface area (Å²) in [5, 5.41) is 0.996. The molecule has 2 heterocycles. The van der Waals surface area contributed by atoms with E-state index in [2.05, 4.69) is 15.4 Å². The first-order chi connectivity index (χ1) is 8.88. The summed E-state index contributed by atoms with van der Waals surface area (Å²) in [6.07, 6.45) is 1.72. The van der Waals surface area contributed by atoms with Crippen molar-refractivity contribution in [2.24, 2.45) is 5.84 Å². The molecule has 4 heteroatoms. The Morgan fingerprint density at radius 1 is 1.00 bits per heavy atom. The molecular formula is C14H12N4. The van der Waals surface area contributed by atoms with Crippen LogP contribution in [0.5, 0.6) is 0 Å². The zero-order chi connectivity index (χ0) is 12.4. The first-order valence-electron chi connectivity index (χ1n) is 5.66. The highest BCUT2D eigenvalue weighted by Gasteiger charge is 2.08. The number of hydrazine groups is 1. The van der Waals surface area contributed by atoms with Gasteiger partial charge in [0.05, 0.1) is 0 Å². The molecule has 2 aromatic heterocycles. The number of fused-ring (bicyclic) bond motifs is 1. The van der Waals surface area contributed by atoms with E-state index in [1.165, 1.54) is 0 Å². The van der Waals surface area contributed by atoms with E-state index in [1.807, 2.05) is 48.5 Å². The Morgan fingerprint density at radius 2 is 1.83 bits per heavy atom. The number of rotatable bonds is 2. The van der Waals surface area contributed by atoms with Crippen LogP contribution in [0, 0.1) is 0 Å². The van der Waals surface area contributed by atoms with E-state index in [9.17, 15) is 0 Å². The molecule has 0 radical (unpaired) electrons. The number of nitrogens with zero attached hydrogens (tertiary/aromatic N) is 2. The summed E-state index contributed by atoms with van der Waals surface area (Å²) in [6.45, 7) is 0. The molecule has 3 N–H and O–H groups in total. The highest BCUT2D eigenvalue weighted by molar-refractivity contribution is 5.87. The quantitative estimate of drug-likeness (QED) is 0.530. The highest BCUT2D eigenvalue weighted by atomic mass is 15.3. The number of nitrogens with two attached hydrogens (primary N) is 1.